The molecule has 0 amide bonds. The molecule has 194 valence electrons. The van der Waals surface area contributed by atoms with Gasteiger partial charge >= 0.3 is 5.69 Å². The monoisotopic (exact) mass is 557 g/mol. The Kier molecular flexibility index (Phi) is 5.14. The van der Waals surface area contributed by atoms with Crippen LogP contribution in [-0.2, 0) is 10.0 Å². The molecule has 3 aromatic carbocycles. The van der Waals surface area contributed by atoms with Crippen LogP contribution in [0.25, 0.3) is 16.5 Å². The Hall–Kier alpha value is -4.27. The van der Waals surface area contributed by atoms with Crippen molar-refractivity contribution in [2.75, 3.05) is 6.54 Å². The van der Waals surface area contributed by atoms with Crippen molar-refractivity contribution in [1.29, 1.82) is 0 Å². The lowest BCUT2D eigenvalue weighted by Crippen LogP contribution is -2.37. The molecule has 3 heterocycles. The van der Waals surface area contributed by atoms with Crippen LogP contribution in [0.15, 0.2) is 64.3 Å². The second-order valence-corrected chi connectivity index (χ2v) is 11.3. The van der Waals surface area contributed by atoms with Crippen LogP contribution in [-0.4, -0.2) is 43.4 Å². The molecule has 0 saturated carbocycles. The van der Waals surface area contributed by atoms with Crippen LogP contribution >= 0.6 is 11.6 Å². The molecule has 0 radical (unpaired) electrons. The summed E-state index contributed by atoms with van der Waals surface area (Å²) in [5.74, 6) is -0.483. The number of halogens is 1. The summed E-state index contributed by atoms with van der Waals surface area (Å²) in [5.41, 5.74) is -1.05. The van der Waals surface area contributed by atoms with Gasteiger partial charge in [-0.15, -0.1) is 0 Å². The largest absolute Gasteiger partial charge is 0.493 e. The average molecular weight is 558 g/mol. The topological polar surface area (TPSA) is 171 Å². The maximum Gasteiger partial charge on any atom is 0.336 e. The summed E-state index contributed by atoms with van der Waals surface area (Å²) in [4.78, 5) is 34.6. The third-order valence-corrected chi connectivity index (χ3v) is 9.24. The molecule has 4 aromatic rings. The number of rotatable bonds is 5. The molecule has 6 rings (SSSR count). The molecular weight excluding hydrogens is 542 g/mol. The van der Waals surface area contributed by atoms with Crippen molar-refractivity contribution in [3.63, 3.8) is 0 Å². The van der Waals surface area contributed by atoms with Gasteiger partial charge in [0.05, 0.1) is 37.9 Å². The van der Waals surface area contributed by atoms with Gasteiger partial charge in [-0.3, -0.25) is 24.8 Å². The van der Waals surface area contributed by atoms with Gasteiger partial charge in [0.25, 0.3) is 11.4 Å². The lowest BCUT2D eigenvalue weighted by atomic mass is 10.1. The molecule has 0 unspecified atom stereocenters. The van der Waals surface area contributed by atoms with Gasteiger partial charge in [-0.25, -0.2) is 17.8 Å². The maximum absolute atomic E-state index is 13.5. The van der Waals surface area contributed by atoms with Crippen molar-refractivity contribution in [2.45, 2.75) is 23.4 Å². The Balaban J connectivity index is 1.48. The molecule has 0 spiro atoms. The van der Waals surface area contributed by atoms with E-state index >= 15 is 0 Å². The predicted octanol–water partition coefficient (Wildman–Crippen LogP) is 3.66. The number of imidazole rings is 1. The van der Waals surface area contributed by atoms with Crippen LogP contribution in [0.1, 0.15) is 24.2 Å². The summed E-state index contributed by atoms with van der Waals surface area (Å²) in [6, 6.07) is 10.7. The van der Waals surface area contributed by atoms with Gasteiger partial charge in [0, 0.05) is 24.1 Å². The van der Waals surface area contributed by atoms with E-state index in [4.69, 9.17) is 11.6 Å². The molecule has 1 fully saturated rings. The minimum Gasteiger partial charge on any atom is -0.493 e. The van der Waals surface area contributed by atoms with Gasteiger partial charge in [-0.2, -0.15) is 4.31 Å². The Morgan fingerprint density at radius 2 is 1.66 bits per heavy atom. The number of nitro benzene ring substituents is 2. The fraction of sp³-hybridized carbons (Fsp3) is 0.174. The minimum absolute atomic E-state index is 0.0825. The van der Waals surface area contributed by atoms with E-state index in [0.29, 0.717) is 5.39 Å². The van der Waals surface area contributed by atoms with Crippen molar-refractivity contribution in [3.05, 3.63) is 96.0 Å². The first-order valence-corrected chi connectivity index (χ1v) is 13.0. The van der Waals surface area contributed by atoms with E-state index in [2.05, 4.69) is 0 Å². The second-order valence-electron chi connectivity index (χ2n) is 8.95. The van der Waals surface area contributed by atoms with Crippen molar-refractivity contribution in [1.82, 2.24) is 13.4 Å². The third-order valence-electron chi connectivity index (χ3n) is 7.05. The van der Waals surface area contributed by atoms with Crippen LogP contribution in [0.5, 0.6) is 5.88 Å². The summed E-state index contributed by atoms with van der Waals surface area (Å²) >= 11 is 5.84. The molecule has 13 nitrogen and oxygen atoms in total. The lowest BCUT2D eigenvalue weighted by molar-refractivity contribution is -0.384. The van der Waals surface area contributed by atoms with E-state index in [1.165, 1.54) is 22.8 Å². The van der Waals surface area contributed by atoms with Crippen LogP contribution in [0, 0.1) is 20.2 Å². The Bertz CT molecular complexity index is 1880. The SMILES string of the molecule is O=c1n(-c2ccc([N+](=O)[O-])c3ccccc23)c(O)c2n1[C@H]1C[C@@H]2N(S(=O)(=O)c2ccc(Cl)c([N+](=O)[O-])c2)C1. The number of hydrogen-bond donors (Lipinski definition) is 1. The van der Waals surface area contributed by atoms with Crippen molar-refractivity contribution in [2.24, 2.45) is 0 Å². The zero-order chi connectivity index (χ0) is 27.1. The maximum atomic E-state index is 13.5. The molecule has 2 bridgehead atoms. The molecule has 38 heavy (non-hydrogen) atoms. The number of benzene rings is 3. The van der Waals surface area contributed by atoms with Crippen molar-refractivity contribution in [3.8, 4) is 11.6 Å². The fourth-order valence-electron chi connectivity index (χ4n) is 5.44. The first-order chi connectivity index (χ1) is 18.0. The highest BCUT2D eigenvalue weighted by molar-refractivity contribution is 7.89. The minimum atomic E-state index is -4.26. The highest BCUT2D eigenvalue weighted by atomic mass is 35.5. The summed E-state index contributed by atoms with van der Waals surface area (Å²) in [6.07, 6.45) is 0.231. The van der Waals surface area contributed by atoms with E-state index in [0.717, 1.165) is 27.1 Å². The average Bonchev–Trinajstić information content (AvgIpc) is 3.55. The van der Waals surface area contributed by atoms with Gasteiger partial charge in [0.2, 0.25) is 15.9 Å². The highest BCUT2D eigenvalue weighted by Crippen LogP contribution is 2.51. The van der Waals surface area contributed by atoms with Crippen LogP contribution in [0.3, 0.4) is 0 Å². The zero-order valence-corrected chi connectivity index (χ0v) is 20.7. The standard InChI is InChI=1S/C23H16ClN5O8S/c24-16-6-5-13(10-19(16)29(34)35)38(36,37)25-11-12-9-20(25)21-22(30)27(23(31)26(12)21)17-7-8-18(28(32)33)15-4-2-1-3-14(15)17/h1-8,10,12,20,30H,9,11H2/t12-,20-/m0/s1. The second kappa shape index (κ2) is 8.11. The highest BCUT2D eigenvalue weighted by Gasteiger charge is 2.52. The first-order valence-electron chi connectivity index (χ1n) is 11.2. The quantitative estimate of drug-likeness (QED) is 0.286. The van der Waals surface area contributed by atoms with Gasteiger partial charge < -0.3 is 5.11 Å². The van der Waals surface area contributed by atoms with E-state index in [1.807, 2.05) is 0 Å². The van der Waals surface area contributed by atoms with Crippen molar-refractivity contribution >= 4 is 43.8 Å². The van der Waals surface area contributed by atoms with Crippen molar-refractivity contribution < 1.29 is 23.4 Å². The van der Waals surface area contributed by atoms with Gasteiger partial charge in [0.1, 0.15) is 10.7 Å². The Morgan fingerprint density at radius 3 is 2.34 bits per heavy atom. The molecule has 1 aromatic heterocycles. The van der Waals surface area contributed by atoms with E-state index in [1.54, 1.807) is 18.2 Å². The number of aromatic nitrogens is 2. The Labute approximate surface area is 218 Å². The predicted molar refractivity (Wildman–Crippen MR) is 134 cm³/mol. The lowest BCUT2D eigenvalue weighted by Gasteiger charge is -2.26. The number of fused-ring (bicyclic) bond motifs is 6. The molecule has 2 aliphatic rings. The van der Waals surface area contributed by atoms with E-state index in [-0.39, 0.29) is 45.3 Å². The van der Waals surface area contributed by atoms with Gasteiger partial charge in [-0.05, 0) is 30.7 Å². The number of non-ortho nitro benzene ring substituents is 1. The van der Waals surface area contributed by atoms with Gasteiger partial charge in [0.15, 0.2) is 0 Å². The van der Waals surface area contributed by atoms with E-state index < -0.39 is 49.2 Å². The third kappa shape index (κ3) is 3.20. The molecular formula is C23H16ClN5O8S. The van der Waals surface area contributed by atoms with Crippen LogP contribution in [0.2, 0.25) is 5.02 Å². The molecule has 2 aliphatic heterocycles. The first kappa shape index (κ1) is 24.1. The normalized spacial score (nSPS) is 18.7. The fourth-order valence-corrected chi connectivity index (χ4v) is 7.29. The number of nitrogens with zero attached hydrogens (tertiary/aromatic N) is 5. The number of aromatic hydroxyl groups is 1. The van der Waals surface area contributed by atoms with Crippen LogP contribution < -0.4 is 5.69 Å². The van der Waals surface area contributed by atoms with Crippen LogP contribution in [0.4, 0.5) is 11.4 Å². The number of hydrogen-bond acceptors (Lipinski definition) is 8. The summed E-state index contributed by atoms with van der Waals surface area (Å²) in [6.45, 7) is -0.0825. The smallest absolute Gasteiger partial charge is 0.336 e. The molecule has 1 saturated heterocycles. The molecule has 2 atom stereocenters. The Morgan fingerprint density at radius 1 is 0.974 bits per heavy atom. The summed E-state index contributed by atoms with van der Waals surface area (Å²) < 4.78 is 30.4. The van der Waals surface area contributed by atoms with Gasteiger partial charge in [-0.1, -0.05) is 29.8 Å². The number of sulfonamides is 1. The summed E-state index contributed by atoms with van der Waals surface area (Å²) in [7, 11) is -4.26. The number of nitro groups is 2. The zero-order valence-electron chi connectivity index (χ0n) is 19.1. The molecule has 15 heteroatoms. The summed E-state index contributed by atoms with van der Waals surface area (Å²) in [5, 5.41) is 34.4. The molecule has 1 N–H and O–H groups in total. The molecule has 0 aliphatic carbocycles. The van der Waals surface area contributed by atoms with E-state index in [9.17, 15) is 38.5 Å².